The van der Waals surface area contributed by atoms with Crippen LogP contribution in [0.2, 0.25) is 0 Å². The summed E-state index contributed by atoms with van der Waals surface area (Å²) >= 11 is 1.10. The lowest BCUT2D eigenvalue weighted by Crippen LogP contribution is -2.45. The third-order valence-electron chi connectivity index (χ3n) is 7.98. The van der Waals surface area contributed by atoms with E-state index in [1.165, 1.54) is 24.3 Å². The van der Waals surface area contributed by atoms with Gasteiger partial charge in [-0.05, 0) is 56.7 Å². The van der Waals surface area contributed by atoms with E-state index in [2.05, 4.69) is 25.0 Å². The number of halogens is 3. The van der Waals surface area contributed by atoms with Gasteiger partial charge >= 0.3 is 18.3 Å². The minimum absolute atomic E-state index is 0.0902. The van der Waals surface area contributed by atoms with Crippen LogP contribution in [0.1, 0.15) is 65.4 Å². The molecule has 1 saturated carbocycles. The van der Waals surface area contributed by atoms with Gasteiger partial charge in [-0.1, -0.05) is 22.4 Å². The van der Waals surface area contributed by atoms with Crippen LogP contribution in [0.15, 0.2) is 44.7 Å². The van der Waals surface area contributed by atoms with E-state index >= 15 is 0 Å². The van der Waals surface area contributed by atoms with E-state index in [-0.39, 0.29) is 52.8 Å². The molecular formula is C28H25F3N4O6S. The average Bonchev–Trinajstić information content (AvgIpc) is 3.29. The second-order valence-electron chi connectivity index (χ2n) is 10.8. The van der Waals surface area contributed by atoms with E-state index in [1.807, 2.05) is 0 Å². The van der Waals surface area contributed by atoms with Crippen molar-refractivity contribution in [3.63, 3.8) is 0 Å². The molecule has 1 N–H and O–H groups in total. The third kappa shape index (κ3) is 5.24. The van der Waals surface area contributed by atoms with E-state index in [1.54, 1.807) is 11.4 Å². The first-order valence-corrected chi connectivity index (χ1v) is 14.5. The number of hydrogen-bond donors (Lipinski definition) is 1. The number of piperidine rings is 1. The second-order valence-corrected chi connectivity index (χ2v) is 11.7. The first kappa shape index (κ1) is 27.0. The molecule has 42 heavy (non-hydrogen) atoms. The largest absolute Gasteiger partial charge is 0.573 e. The molecule has 3 aliphatic rings. The van der Waals surface area contributed by atoms with Crippen LogP contribution in [0.4, 0.5) is 19.2 Å². The van der Waals surface area contributed by atoms with Gasteiger partial charge in [0.2, 0.25) is 0 Å². The van der Waals surface area contributed by atoms with Gasteiger partial charge in [0, 0.05) is 34.5 Å². The Labute approximate surface area is 241 Å². The summed E-state index contributed by atoms with van der Waals surface area (Å²) < 4.78 is 61.6. The molecule has 0 radical (unpaired) electrons. The molecule has 2 saturated heterocycles. The first-order valence-electron chi connectivity index (χ1n) is 13.6. The summed E-state index contributed by atoms with van der Waals surface area (Å²) in [6, 6.07) is 8.06. The van der Waals surface area contributed by atoms with Crippen molar-refractivity contribution in [3.05, 3.63) is 51.9 Å². The number of alkyl halides is 3. The van der Waals surface area contributed by atoms with Crippen LogP contribution in [-0.4, -0.2) is 51.0 Å². The Morgan fingerprint density at radius 1 is 1.12 bits per heavy atom. The average molecular weight is 603 g/mol. The fourth-order valence-electron chi connectivity index (χ4n) is 5.99. The van der Waals surface area contributed by atoms with Crippen LogP contribution in [0.3, 0.4) is 0 Å². The predicted octanol–water partition coefficient (Wildman–Crippen LogP) is 6.64. The highest BCUT2D eigenvalue weighted by Crippen LogP contribution is 2.46. The molecular weight excluding hydrogens is 577 g/mol. The van der Waals surface area contributed by atoms with E-state index in [0.717, 1.165) is 37.0 Å². The summed E-state index contributed by atoms with van der Waals surface area (Å²) in [6.45, 7) is 0.157. The fraction of sp³-hybridized carbons (Fsp3) is 0.429. The van der Waals surface area contributed by atoms with Gasteiger partial charge < -0.3 is 28.4 Å². The highest BCUT2D eigenvalue weighted by atomic mass is 32.1. The zero-order chi connectivity index (χ0) is 29.0. The minimum atomic E-state index is -4.84. The molecule has 1 aliphatic carbocycles. The molecule has 0 amide bonds. The lowest BCUT2D eigenvalue weighted by atomic mass is 9.99. The number of ether oxygens (including phenoxy) is 2. The number of fused-ring (bicyclic) bond motifs is 2. The Kier molecular flexibility index (Phi) is 6.69. The number of nitrogens with zero attached hydrogens (tertiary/aromatic N) is 4. The number of rotatable bonds is 9. The highest BCUT2D eigenvalue weighted by Gasteiger charge is 2.44. The Bertz CT molecular complexity index is 1600. The van der Waals surface area contributed by atoms with Gasteiger partial charge in [-0.25, -0.2) is 4.79 Å². The fourth-order valence-corrected chi connectivity index (χ4v) is 6.71. The number of hydrogen-bond acceptors (Lipinski definition) is 10. The van der Waals surface area contributed by atoms with E-state index in [4.69, 9.17) is 13.7 Å². The number of benzene rings is 1. The van der Waals surface area contributed by atoms with Crippen molar-refractivity contribution in [2.45, 2.75) is 75.6 Å². The Morgan fingerprint density at radius 2 is 1.88 bits per heavy atom. The third-order valence-corrected chi connectivity index (χ3v) is 8.90. The molecule has 1 unspecified atom stereocenters. The number of carboxylic acids is 1. The summed E-state index contributed by atoms with van der Waals surface area (Å²) in [5.74, 6) is -0.236. The summed E-state index contributed by atoms with van der Waals surface area (Å²) in [7, 11) is 0. The number of anilines is 1. The van der Waals surface area contributed by atoms with Crippen LogP contribution in [0.25, 0.3) is 22.7 Å². The van der Waals surface area contributed by atoms with Crippen molar-refractivity contribution in [3.8, 4) is 28.5 Å². The van der Waals surface area contributed by atoms with Crippen LogP contribution < -0.4 is 9.64 Å². The van der Waals surface area contributed by atoms with Gasteiger partial charge in [0.05, 0.1) is 18.3 Å². The number of thiophene rings is 1. The SMILES string of the molecule is O=C(O)c1cc(-c2nnc(N3[C@@H]4CC[C@H]3CC(OCc3c(-c5ccccc5OC(F)(F)F)noc3C3CC3)C4)o2)cs1. The van der Waals surface area contributed by atoms with Crippen molar-refractivity contribution >= 4 is 23.3 Å². The zero-order valence-corrected chi connectivity index (χ0v) is 22.9. The Balaban J connectivity index is 1.07. The molecule has 2 aliphatic heterocycles. The predicted molar refractivity (Wildman–Crippen MR) is 142 cm³/mol. The van der Waals surface area contributed by atoms with Gasteiger partial charge in [-0.15, -0.1) is 29.6 Å². The number of aromatic carboxylic acids is 1. The molecule has 5 heterocycles. The summed E-state index contributed by atoms with van der Waals surface area (Å²) in [5.41, 5.74) is 1.73. The Morgan fingerprint density at radius 3 is 2.57 bits per heavy atom. The van der Waals surface area contributed by atoms with Crippen LogP contribution >= 0.6 is 11.3 Å². The number of para-hydroxylation sites is 1. The molecule has 0 spiro atoms. The Hall–Kier alpha value is -3.91. The normalized spacial score (nSPS) is 22.1. The molecule has 1 aromatic carbocycles. The maximum absolute atomic E-state index is 13.1. The number of aromatic nitrogens is 3. The quantitative estimate of drug-likeness (QED) is 0.223. The standard InChI is InChI=1S/C28H25F3N4O6S/c29-28(30,31)40-21-4-2-1-3-19(21)23-20(24(41-34-23)14-5-6-14)12-38-18-10-16-7-8-17(11-18)35(16)27-33-32-25(39-27)15-9-22(26(36)37)42-13-15/h1-4,9,13-14,16-18H,5-8,10-12H2,(H,36,37)/t16-,17+,18?. The highest BCUT2D eigenvalue weighted by molar-refractivity contribution is 7.12. The lowest BCUT2D eigenvalue weighted by Gasteiger charge is -2.37. The second kappa shape index (κ2) is 10.4. The molecule has 2 bridgehead atoms. The van der Waals surface area contributed by atoms with E-state index < -0.39 is 12.3 Å². The van der Waals surface area contributed by atoms with Crippen molar-refractivity contribution in [1.82, 2.24) is 15.4 Å². The lowest BCUT2D eigenvalue weighted by molar-refractivity contribution is -0.274. The van der Waals surface area contributed by atoms with Crippen LogP contribution in [-0.2, 0) is 11.3 Å². The molecule has 3 atom stereocenters. The molecule has 220 valence electrons. The van der Waals surface area contributed by atoms with Crippen LogP contribution in [0.5, 0.6) is 5.75 Å². The monoisotopic (exact) mass is 602 g/mol. The zero-order valence-electron chi connectivity index (χ0n) is 22.0. The molecule has 3 aromatic heterocycles. The first-order chi connectivity index (χ1) is 20.2. The van der Waals surface area contributed by atoms with Crippen molar-refractivity contribution in [1.29, 1.82) is 0 Å². The van der Waals surface area contributed by atoms with E-state index in [9.17, 15) is 23.1 Å². The van der Waals surface area contributed by atoms with Gasteiger partial charge in [-0.2, -0.15) is 0 Å². The molecule has 10 nitrogen and oxygen atoms in total. The van der Waals surface area contributed by atoms with Gasteiger partial charge in [0.25, 0.3) is 5.89 Å². The summed E-state index contributed by atoms with van der Waals surface area (Å²) in [4.78, 5) is 13.6. The maximum Gasteiger partial charge on any atom is 0.573 e. The number of carboxylic acid groups (broad SMARTS) is 1. The molecule has 14 heteroatoms. The molecule has 7 rings (SSSR count). The van der Waals surface area contributed by atoms with Crippen molar-refractivity contribution < 1.29 is 41.5 Å². The van der Waals surface area contributed by atoms with Crippen molar-refractivity contribution in [2.75, 3.05) is 4.90 Å². The molecule has 3 fully saturated rings. The number of carbonyl (C=O) groups is 1. The molecule has 4 aromatic rings. The van der Waals surface area contributed by atoms with Gasteiger partial charge in [-0.3, -0.25) is 0 Å². The van der Waals surface area contributed by atoms with E-state index in [0.29, 0.717) is 41.4 Å². The van der Waals surface area contributed by atoms with Crippen LogP contribution in [0, 0.1) is 0 Å². The smallest absolute Gasteiger partial charge is 0.477 e. The summed E-state index contributed by atoms with van der Waals surface area (Å²) in [6.07, 6.45) is 0.210. The summed E-state index contributed by atoms with van der Waals surface area (Å²) in [5, 5.41) is 23.4. The minimum Gasteiger partial charge on any atom is -0.477 e. The maximum atomic E-state index is 13.1. The van der Waals surface area contributed by atoms with Crippen molar-refractivity contribution in [2.24, 2.45) is 0 Å². The van der Waals surface area contributed by atoms with Gasteiger partial charge in [0.15, 0.2) is 0 Å². The topological polar surface area (TPSA) is 124 Å². The van der Waals surface area contributed by atoms with Gasteiger partial charge in [0.1, 0.15) is 22.1 Å².